The Morgan fingerprint density at radius 1 is 1.12 bits per heavy atom. The third-order valence-electron chi connectivity index (χ3n) is 6.02. The van der Waals surface area contributed by atoms with Gasteiger partial charge in [0.25, 0.3) is 0 Å². The Morgan fingerprint density at radius 2 is 1.81 bits per heavy atom. The Bertz CT molecular complexity index is 1170. The number of hydrogen-bond donors (Lipinski definition) is 1. The Hall–Kier alpha value is -2.16. The molecule has 2 heterocycles. The highest BCUT2D eigenvalue weighted by molar-refractivity contribution is 7.92. The van der Waals surface area contributed by atoms with Gasteiger partial charge in [0.15, 0.2) is 0 Å². The van der Waals surface area contributed by atoms with Crippen LogP contribution in [0.1, 0.15) is 39.0 Å². The SMILES string of the molecule is [2H]C([2H])(c1ccc(Cl)cc1F)N1CC[C@@H](N2CCC(c3ccc(NS(C)(=O)=O)cc3)CC2)C1=O. The summed E-state index contributed by atoms with van der Waals surface area (Å²) < 4.78 is 56.5. The molecule has 1 amide bonds. The van der Waals surface area contributed by atoms with Crippen molar-refractivity contribution >= 4 is 33.2 Å². The molecule has 2 aliphatic rings. The number of halogens is 2. The summed E-state index contributed by atoms with van der Waals surface area (Å²) in [6.45, 7) is -0.666. The highest BCUT2D eigenvalue weighted by Crippen LogP contribution is 2.32. The monoisotopic (exact) mass is 481 g/mol. The predicted octanol–water partition coefficient (Wildman–Crippen LogP) is 3.83. The summed E-state index contributed by atoms with van der Waals surface area (Å²) in [5, 5.41) is 0.173. The number of likely N-dealkylation sites (tertiary alicyclic amines) is 2. The molecule has 4 rings (SSSR count). The summed E-state index contributed by atoms with van der Waals surface area (Å²) >= 11 is 5.79. The fraction of sp³-hybridized carbons (Fsp3) is 0.435. The minimum absolute atomic E-state index is 0.173. The minimum Gasteiger partial charge on any atom is -0.337 e. The van der Waals surface area contributed by atoms with Crippen LogP contribution in [0.3, 0.4) is 0 Å². The molecule has 2 aliphatic heterocycles. The average molecular weight is 482 g/mol. The third-order valence-corrected chi connectivity index (χ3v) is 6.86. The van der Waals surface area contributed by atoms with Crippen molar-refractivity contribution in [3.8, 4) is 0 Å². The number of amides is 1. The van der Waals surface area contributed by atoms with Crippen molar-refractivity contribution in [1.82, 2.24) is 9.80 Å². The lowest BCUT2D eigenvalue weighted by Crippen LogP contribution is -2.45. The van der Waals surface area contributed by atoms with Crippen LogP contribution in [0.4, 0.5) is 10.1 Å². The maximum absolute atomic E-state index is 14.4. The molecule has 2 aromatic rings. The highest BCUT2D eigenvalue weighted by Gasteiger charge is 2.37. The molecule has 2 saturated heterocycles. The topological polar surface area (TPSA) is 69.7 Å². The van der Waals surface area contributed by atoms with Crippen LogP contribution >= 0.6 is 11.6 Å². The maximum atomic E-state index is 14.4. The first-order valence-corrected chi connectivity index (χ1v) is 12.8. The molecular weight excluding hydrogens is 453 g/mol. The minimum atomic E-state index is -3.32. The number of nitrogens with zero attached hydrogens (tertiary/aromatic N) is 2. The normalized spacial score (nSPS) is 22.0. The molecule has 0 aromatic heterocycles. The van der Waals surface area contributed by atoms with Crippen molar-refractivity contribution in [2.45, 2.75) is 37.7 Å². The number of carbonyl (C=O) groups is 1. The molecule has 0 unspecified atom stereocenters. The summed E-state index contributed by atoms with van der Waals surface area (Å²) in [6.07, 6.45) is 3.27. The van der Waals surface area contributed by atoms with Gasteiger partial charge in [-0.1, -0.05) is 29.8 Å². The molecule has 172 valence electrons. The van der Waals surface area contributed by atoms with E-state index in [0.717, 1.165) is 35.6 Å². The summed E-state index contributed by atoms with van der Waals surface area (Å²) in [5.41, 5.74) is 1.44. The zero-order chi connectivity index (χ0) is 24.7. The van der Waals surface area contributed by atoms with E-state index < -0.39 is 28.4 Å². The van der Waals surface area contributed by atoms with Crippen LogP contribution in [-0.4, -0.2) is 56.1 Å². The van der Waals surface area contributed by atoms with E-state index in [0.29, 0.717) is 31.1 Å². The van der Waals surface area contributed by atoms with Crippen molar-refractivity contribution in [2.24, 2.45) is 0 Å². The second kappa shape index (κ2) is 9.37. The number of carbonyl (C=O) groups excluding carboxylic acids is 1. The van der Waals surface area contributed by atoms with E-state index in [9.17, 15) is 17.6 Å². The summed E-state index contributed by atoms with van der Waals surface area (Å²) in [4.78, 5) is 16.4. The summed E-state index contributed by atoms with van der Waals surface area (Å²) in [7, 11) is -3.32. The molecule has 0 radical (unpaired) electrons. The van der Waals surface area contributed by atoms with Crippen molar-refractivity contribution in [3.63, 3.8) is 0 Å². The highest BCUT2D eigenvalue weighted by atomic mass is 35.5. The molecule has 9 heteroatoms. The molecule has 0 saturated carbocycles. The molecule has 32 heavy (non-hydrogen) atoms. The van der Waals surface area contributed by atoms with Crippen LogP contribution < -0.4 is 4.72 Å². The van der Waals surface area contributed by atoms with E-state index in [2.05, 4.69) is 9.62 Å². The van der Waals surface area contributed by atoms with E-state index in [1.165, 1.54) is 12.1 Å². The first kappa shape index (κ1) is 20.4. The Labute approximate surface area is 196 Å². The average Bonchev–Trinajstić information content (AvgIpc) is 3.15. The third kappa shape index (κ3) is 5.42. The molecule has 6 nitrogen and oxygen atoms in total. The molecule has 2 fully saturated rings. The van der Waals surface area contributed by atoms with Crippen LogP contribution in [0, 0.1) is 5.82 Å². The van der Waals surface area contributed by atoms with E-state index in [4.69, 9.17) is 14.3 Å². The van der Waals surface area contributed by atoms with E-state index in [-0.39, 0.29) is 23.0 Å². The lowest BCUT2D eigenvalue weighted by atomic mass is 9.88. The molecular formula is C23H27ClFN3O3S. The van der Waals surface area contributed by atoms with Gasteiger partial charge in [0.2, 0.25) is 15.9 Å². The number of sulfonamides is 1. The van der Waals surface area contributed by atoms with Gasteiger partial charge in [0.05, 0.1) is 15.0 Å². The van der Waals surface area contributed by atoms with Crippen molar-refractivity contribution < 1.29 is 20.3 Å². The quantitative estimate of drug-likeness (QED) is 0.680. The van der Waals surface area contributed by atoms with Gasteiger partial charge in [-0.25, -0.2) is 12.8 Å². The smallest absolute Gasteiger partial charge is 0.240 e. The Kier molecular flexibility index (Phi) is 5.99. The van der Waals surface area contributed by atoms with Gasteiger partial charge >= 0.3 is 0 Å². The van der Waals surface area contributed by atoms with Crippen molar-refractivity contribution in [3.05, 3.63) is 64.4 Å². The number of piperidine rings is 1. The van der Waals surface area contributed by atoms with E-state index in [1.807, 2.05) is 12.1 Å². The van der Waals surface area contributed by atoms with Crippen molar-refractivity contribution in [1.29, 1.82) is 0 Å². The van der Waals surface area contributed by atoms with Gasteiger partial charge in [-0.2, -0.15) is 0 Å². The van der Waals surface area contributed by atoms with Gasteiger partial charge in [-0.15, -0.1) is 0 Å². The fourth-order valence-electron chi connectivity index (χ4n) is 4.42. The van der Waals surface area contributed by atoms with Gasteiger partial charge in [-0.3, -0.25) is 14.4 Å². The molecule has 0 spiro atoms. The van der Waals surface area contributed by atoms with Crippen LogP contribution in [0.5, 0.6) is 0 Å². The predicted molar refractivity (Wildman–Crippen MR) is 124 cm³/mol. The van der Waals surface area contributed by atoms with Gasteiger partial charge in [-0.05, 0) is 68.1 Å². The second-order valence-electron chi connectivity index (χ2n) is 8.34. The van der Waals surface area contributed by atoms with Gasteiger partial charge < -0.3 is 4.90 Å². The molecule has 1 atom stereocenters. The molecule has 2 aromatic carbocycles. The number of anilines is 1. The van der Waals surface area contributed by atoms with Gasteiger partial charge in [0.1, 0.15) is 5.82 Å². The van der Waals surface area contributed by atoms with E-state index >= 15 is 0 Å². The van der Waals surface area contributed by atoms with Crippen LogP contribution in [0.25, 0.3) is 0 Å². The number of rotatable bonds is 6. The van der Waals surface area contributed by atoms with Crippen LogP contribution in [-0.2, 0) is 21.3 Å². The van der Waals surface area contributed by atoms with Gasteiger partial charge in [0, 0.05) is 29.3 Å². The molecule has 0 aliphatic carbocycles. The Morgan fingerprint density at radius 3 is 2.44 bits per heavy atom. The van der Waals surface area contributed by atoms with Crippen LogP contribution in [0.15, 0.2) is 42.5 Å². The van der Waals surface area contributed by atoms with E-state index in [1.54, 1.807) is 12.1 Å². The largest absolute Gasteiger partial charge is 0.337 e. The first-order valence-electron chi connectivity index (χ1n) is 11.5. The lowest BCUT2D eigenvalue weighted by Gasteiger charge is -2.35. The molecule has 0 bridgehead atoms. The number of benzene rings is 2. The first-order chi connectivity index (χ1) is 16.0. The number of nitrogens with one attached hydrogen (secondary N) is 1. The molecule has 1 N–H and O–H groups in total. The number of hydrogen-bond acceptors (Lipinski definition) is 4. The Balaban J connectivity index is 1.38. The summed E-state index contributed by atoms with van der Waals surface area (Å²) in [6, 6.07) is 10.7. The summed E-state index contributed by atoms with van der Waals surface area (Å²) in [5.74, 6) is -0.799. The lowest BCUT2D eigenvalue weighted by molar-refractivity contribution is -0.133. The second-order valence-corrected chi connectivity index (χ2v) is 10.5. The zero-order valence-corrected chi connectivity index (χ0v) is 19.3. The standard InChI is InChI=1S/C23H27ClFN3O3S/c1-32(30,31)26-20-6-3-16(4-7-20)17-8-11-27(12-9-17)22-10-13-28(23(22)29)15-18-2-5-19(24)14-21(18)25/h2-7,14,17,22,26H,8-13,15H2,1H3/t22-/m1/s1/i15D2. The van der Waals surface area contributed by atoms with Crippen LogP contribution in [0.2, 0.25) is 5.02 Å². The maximum Gasteiger partial charge on any atom is 0.240 e. The zero-order valence-electron chi connectivity index (χ0n) is 19.7. The fourth-order valence-corrected chi connectivity index (χ4v) is 5.15. The van der Waals surface area contributed by atoms with Crippen molar-refractivity contribution in [2.75, 3.05) is 30.6 Å².